The molecule has 2 rings (SSSR count). The summed E-state index contributed by atoms with van der Waals surface area (Å²) < 4.78 is 5.35. The fraction of sp³-hybridized carbons (Fsp3) is 1.00. The van der Waals surface area contributed by atoms with E-state index in [-0.39, 0.29) is 6.10 Å². The first-order chi connectivity index (χ1) is 8.78. The highest BCUT2D eigenvalue weighted by molar-refractivity contribution is 4.88. The molecular formula is C15H30N2O. The number of nitrogens with zero attached hydrogens (tertiary/aromatic N) is 1. The van der Waals surface area contributed by atoms with E-state index in [0.717, 1.165) is 18.4 Å². The summed E-state index contributed by atoms with van der Waals surface area (Å²) >= 11 is 0. The maximum atomic E-state index is 5.67. The predicted octanol–water partition coefficient (Wildman–Crippen LogP) is 2.40. The van der Waals surface area contributed by atoms with Gasteiger partial charge in [0.15, 0.2) is 0 Å². The molecule has 0 aromatic carbocycles. The molecule has 3 heteroatoms. The van der Waals surface area contributed by atoms with Crippen LogP contribution in [0.1, 0.15) is 51.4 Å². The molecule has 106 valence electrons. The Bertz CT molecular complexity index is 225. The monoisotopic (exact) mass is 254 g/mol. The van der Waals surface area contributed by atoms with Crippen molar-refractivity contribution in [1.82, 2.24) is 4.90 Å². The zero-order chi connectivity index (χ0) is 12.8. The molecule has 1 spiro atoms. The first kappa shape index (κ1) is 14.3. The van der Waals surface area contributed by atoms with Gasteiger partial charge in [-0.05, 0) is 50.6 Å². The normalized spacial score (nSPS) is 26.3. The Labute approximate surface area is 112 Å². The number of hydrogen-bond donors (Lipinski definition) is 1. The van der Waals surface area contributed by atoms with Gasteiger partial charge in [-0.25, -0.2) is 0 Å². The number of methoxy groups -OCH3 is 1. The van der Waals surface area contributed by atoms with Crippen LogP contribution in [0.4, 0.5) is 0 Å². The molecule has 0 bridgehead atoms. The summed E-state index contributed by atoms with van der Waals surface area (Å²) in [7, 11) is 1.77. The van der Waals surface area contributed by atoms with E-state index in [1.807, 2.05) is 0 Å². The topological polar surface area (TPSA) is 38.5 Å². The number of ether oxygens (including phenoxy) is 1. The van der Waals surface area contributed by atoms with E-state index in [1.54, 1.807) is 7.11 Å². The van der Waals surface area contributed by atoms with Crippen LogP contribution in [0.3, 0.4) is 0 Å². The van der Waals surface area contributed by atoms with Gasteiger partial charge in [-0.3, -0.25) is 0 Å². The molecule has 1 heterocycles. The van der Waals surface area contributed by atoms with Gasteiger partial charge in [-0.1, -0.05) is 19.3 Å². The van der Waals surface area contributed by atoms with Crippen molar-refractivity contribution < 1.29 is 4.74 Å². The zero-order valence-corrected chi connectivity index (χ0v) is 12.0. The lowest BCUT2D eigenvalue weighted by molar-refractivity contribution is 0.0490. The van der Waals surface area contributed by atoms with Crippen molar-refractivity contribution in [3.05, 3.63) is 0 Å². The number of likely N-dealkylation sites (tertiary alicyclic amines) is 1. The van der Waals surface area contributed by atoms with Gasteiger partial charge in [-0.15, -0.1) is 0 Å². The van der Waals surface area contributed by atoms with E-state index in [0.29, 0.717) is 6.54 Å². The van der Waals surface area contributed by atoms with Crippen molar-refractivity contribution in [3.63, 3.8) is 0 Å². The highest BCUT2D eigenvalue weighted by Gasteiger charge is 2.35. The molecule has 0 amide bonds. The SMILES string of the molecule is COC(CN)CCN1CCC2(CCCCC2)CC1. The largest absolute Gasteiger partial charge is 0.380 e. The van der Waals surface area contributed by atoms with Gasteiger partial charge < -0.3 is 15.4 Å². The van der Waals surface area contributed by atoms with Crippen LogP contribution in [0, 0.1) is 5.41 Å². The second kappa shape index (κ2) is 6.88. The molecule has 1 saturated heterocycles. The quantitative estimate of drug-likeness (QED) is 0.819. The van der Waals surface area contributed by atoms with Crippen LogP contribution in [-0.2, 0) is 4.74 Å². The summed E-state index contributed by atoms with van der Waals surface area (Å²) in [5.41, 5.74) is 6.39. The molecule has 18 heavy (non-hydrogen) atoms. The number of piperidine rings is 1. The zero-order valence-electron chi connectivity index (χ0n) is 12.0. The Balaban J connectivity index is 1.69. The second-order valence-electron chi connectivity index (χ2n) is 6.28. The van der Waals surface area contributed by atoms with Crippen LogP contribution in [0.2, 0.25) is 0 Å². The molecule has 0 aromatic rings. The molecule has 2 N–H and O–H groups in total. The van der Waals surface area contributed by atoms with Crippen LogP contribution in [-0.4, -0.2) is 44.3 Å². The Morgan fingerprint density at radius 3 is 2.33 bits per heavy atom. The average Bonchev–Trinajstić information content (AvgIpc) is 2.43. The Morgan fingerprint density at radius 2 is 1.78 bits per heavy atom. The molecule has 1 aliphatic carbocycles. The molecular weight excluding hydrogens is 224 g/mol. The molecule has 2 fully saturated rings. The molecule has 1 unspecified atom stereocenters. The Morgan fingerprint density at radius 1 is 1.11 bits per heavy atom. The lowest BCUT2D eigenvalue weighted by atomic mass is 9.68. The Hall–Kier alpha value is -0.120. The second-order valence-corrected chi connectivity index (χ2v) is 6.28. The van der Waals surface area contributed by atoms with Gasteiger partial charge in [0.1, 0.15) is 0 Å². The molecule has 1 atom stereocenters. The van der Waals surface area contributed by atoms with E-state index in [9.17, 15) is 0 Å². The first-order valence-corrected chi connectivity index (χ1v) is 7.73. The van der Waals surface area contributed by atoms with E-state index >= 15 is 0 Å². The Kier molecular flexibility index (Phi) is 5.46. The third-order valence-corrected chi connectivity index (χ3v) is 5.19. The van der Waals surface area contributed by atoms with E-state index in [2.05, 4.69) is 4.90 Å². The van der Waals surface area contributed by atoms with Crippen molar-refractivity contribution >= 4 is 0 Å². The van der Waals surface area contributed by atoms with Gasteiger partial charge >= 0.3 is 0 Å². The maximum absolute atomic E-state index is 5.67. The van der Waals surface area contributed by atoms with Gasteiger partial charge in [0.25, 0.3) is 0 Å². The van der Waals surface area contributed by atoms with Crippen molar-refractivity contribution in [2.24, 2.45) is 11.1 Å². The lowest BCUT2D eigenvalue weighted by Crippen LogP contribution is -2.42. The van der Waals surface area contributed by atoms with Crippen molar-refractivity contribution in [3.8, 4) is 0 Å². The minimum Gasteiger partial charge on any atom is -0.380 e. The third kappa shape index (κ3) is 3.69. The van der Waals surface area contributed by atoms with Gasteiger partial charge in [0, 0.05) is 20.2 Å². The van der Waals surface area contributed by atoms with Crippen molar-refractivity contribution in [2.45, 2.75) is 57.5 Å². The first-order valence-electron chi connectivity index (χ1n) is 7.73. The summed E-state index contributed by atoms with van der Waals surface area (Å²) in [6, 6.07) is 0. The minimum absolute atomic E-state index is 0.246. The molecule has 0 aromatic heterocycles. The summed E-state index contributed by atoms with van der Waals surface area (Å²) in [6.07, 6.45) is 11.6. The highest BCUT2D eigenvalue weighted by atomic mass is 16.5. The van der Waals surface area contributed by atoms with Crippen LogP contribution < -0.4 is 5.73 Å². The predicted molar refractivity (Wildman–Crippen MR) is 75.7 cm³/mol. The van der Waals surface area contributed by atoms with Gasteiger partial charge in [0.05, 0.1) is 6.10 Å². The molecule has 2 aliphatic rings. The van der Waals surface area contributed by atoms with Crippen LogP contribution in [0.5, 0.6) is 0 Å². The fourth-order valence-electron chi connectivity index (χ4n) is 3.71. The van der Waals surface area contributed by atoms with Crippen LogP contribution >= 0.6 is 0 Å². The van der Waals surface area contributed by atoms with Crippen molar-refractivity contribution in [1.29, 1.82) is 0 Å². The van der Waals surface area contributed by atoms with Crippen LogP contribution in [0.25, 0.3) is 0 Å². The highest BCUT2D eigenvalue weighted by Crippen LogP contribution is 2.44. The molecule has 1 aliphatic heterocycles. The van der Waals surface area contributed by atoms with E-state index in [1.165, 1.54) is 58.0 Å². The van der Waals surface area contributed by atoms with Gasteiger partial charge in [-0.2, -0.15) is 0 Å². The maximum Gasteiger partial charge on any atom is 0.0705 e. The summed E-state index contributed by atoms with van der Waals surface area (Å²) in [5.74, 6) is 0. The smallest absolute Gasteiger partial charge is 0.0705 e. The molecule has 1 saturated carbocycles. The van der Waals surface area contributed by atoms with E-state index in [4.69, 9.17) is 10.5 Å². The summed E-state index contributed by atoms with van der Waals surface area (Å²) in [6.45, 7) is 4.39. The average molecular weight is 254 g/mol. The molecule has 0 radical (unpaired) electrons. The lowest BCUT2D eigenvalue weighted by Gasteiger charge is -2.44. The standard InChI is InChI=1S/C15H30N2O/c1-18-14(13-16)5-10-17-11-8-15(9-12-17)6-3-2-4-7-15/h14H,2-13,16H2,1H3. The number of nitrogens with two attached hydrogens (primary N) is 1. The summed E-state index contributed by atoms with van der Waals surface area (Å²) in [5, 5.41) is 0. The third-order valence-electron chi connectivity index (χ3n) is 5.19. The van der Waals surface area contributed by atoms with Gasteiger partial charge in [0.2, 0.25) is 0 Å². The summed E-state index contributed by atoms with van der Waals surface area (Å²) in [4.78, 5) is 2.61. The van der Waals surface area contributed by atoms with E-state index < -0.39 is 0 Å². The number of rotatable bonds is 5. The minimum atomic E-state index is 0.246. The van der Waals surface area contributed by atoms with Crippen LogP contribution in [0.15, 0.2) is 0 Å². The molecule has 3 nitrogen and oxygen atoms in total. The fourth-order valence-corrected chi connectivity index (χ4v) is 3.71. The number of hydrogen-bond acceptors (Lipinski definition) is 3. The van der Waals surface area contributed by atoms with Crippen molar-refractivity contribution in [2.75, 3.05) is 33.3 Å².